The van der Waals surface area contributed by atoms with Crippen molar-refractivity contribution in [1.82, 2.24) is 10.2 Å². The predicted molar refractivity (Wildman–Crippen MR) is 69.9 cm³/mol. The Balaban J connectivity index is 1.73. The molecular weight excluding hydrogens is 212 g/mol. The van der Waals surface area contributed by atoms with Crippen LogP contribution in [0.15, 0.2) is 0 Å². The van der Waals surface area contributed by atoms with Gasteiger partial charge < -0.3 is 10.2 Å². The molecular formula is C14H26N2O. The monoisotopic (exact) mass is 238 g/mol. The van der Waals surface area contributed by atoms with Crippen LogP contribution < -0.4 is 5.32 Å². The summed E-state index contributed by atoms with van der Waals surface area (Å²) in [6, 6.07) is 0. The van der Waals surface area contributed by atoms with E-state index < -0.39 is 0 Å². The molecule has 2 aliphatic heterocycles. The molecule has 0 unspecified atom stereocenters. The van der Waals surface area contributed by atoms with Gasteiger partial charge in [0, 0.05) is 19.5 Å². The summed E-state index contributed by atoms with van der Waals surface area (Å²) in [5.41, 5.74) is 0. The fraction of sp³-hybridized carbons (Fsp3) is 0.929. The number of rotatable bonds is 3. The van der Waals surface area contributed by atoms with Gasteiger partial charge in [0.25, 0.3) is 0 Å². The van der Waals surface area contributed by atoms with Crippen molar-refractivity contribution in [2.75, 3.05) is 26.2 Å². The number of amides is 1. The molecule has 0 aromatic carbocycles. The molecule has 1 amide bonds. The van der Waals surface area contributed by atoms with Gasteiger partial charge in [0.2, 0.25) is 5.91 Å². The van der Waals surface area contributed by atoms with Gasteiger partial charge in [-0.15, -0.1) is 0 Å². The molecule has 0 atom stereocenters. The van der Waals surface area contributed by atoms with Gasteiger partial charge >= 0.3 is 0 Å². The summed E-state index contributed by atoms with van der Waals surface area (Å²) in [5, 5.41) is 3.40. The van der Waals surface area contributed by atoms with Crippen LogP contribution in [0.25, 0.3) is 0 Å². The highest BCUT2D eigenvalue weighted by Gasteiger charge is 2.18. The van der Waals surface area contributed by atoms with Crippen LogP contribution in [0.5, 0.6) is 0 Å². The zero-order valence-corrected chi connectivity index (χ0v) is 10.9. The van der Waals surface area contributed by atoms with Gasteiger partial charge in [-0.25, -0.2) is 0 Å². The normalized spacial score (nSPS) is 24.5. The van der Waals surface area contributed by atoms with E-state index in [0.29, 0.717) is 5.91 Å². The average molecular weight is 238 g/mol. The molecule has 0 aliphatic carbocycles. The maximum absolute atomic E-state index is 12.0. The minimum Gasteiger partial charge on any atom is -0.343 e. The Morgan fingerprint density at radius 3 is 2.71 bits per heavy atom. The SMILES string of the molecule is O=C1CCCCCCN1CCC1CCNCC1. The molecule has 17 heavy (non-hydrogen) atoms. The van der Waals surface area contributed by atoms with Gasteiger partial charge in [0.15, 0.2) is 0 Å². The maximum atomic E-state index is 12.0. The van der Waals surface area contributed by atoms with Gasteiger partial charge in [-0.1, -0.05) is 12.8 Å². The molecule has 3 nitrogen and oxygen atoms in total. The third-order valence-electron chi connectivity index (χ3n) is 4.19. The van der Waals surface area contributed by atoms with E-state index in [1.807, 2.05) is 0 Å². The van der Waals surface area contributed by atoms with Crippen LogP contribution in [0.2, 0.25) is 0 Å². The van der Waals surface area contributed by atoms with Crippen molar-refractivity contribution in [1.29, 1.82) is 0 Å². The predicted octanol–water partition coefficient (Wildman–Crippen LogP) is 2.17. The lowest BCUT2D eigenvalue weighted by Crippen LogP contribution is -2.36. The number of hydrogen-bond donors (Lipinski definition) is 1. The Kier molecular flexibility index (Phi) is 5.30. The molecule has 0 saturated carbocycles. The molecule has 2 aliphatic rings. The lowest BCUT2D eigenvalue weighted by Gasteiger charge is -2.28. The number of hydrogen-bond acceptors (Lipinski definition) is 2. The molecule has 2 heterocycles. The number of likely N-dealkylation sites (tertiary alicyclic amines) is 1. The summed E-state index contributed by atoms with van der Waals surface area (Å²) < 4.78 is 0. The van der Waals surface area contributed by atoms with Crippen LogP contribution in [0, 0.1) is 5.92 Å². The van der Waals surface area contributed by atoms with E-state index in [9.17, 15) is 4.79 Å². The minimum absolute atomic E-state index is 0.402. The molecule has 0 aromatic heterocycles. The zero-order valence-electron chi connectivity index (χ0n) is 10.9. The summed E-state index contributed by atoms with van der Waals surface area (Å²) in [4.78, 5) is 14.1. The summed E-state index contributed by atoms with van der Waals surface area (Å²) >= 11 is 0. The molecule has 98 valence electrons. The Morgan fingerprint density at radius 2 is 1.88 bits per heavy atom. The van der Waals surface area contributed by atoms with E-state index in [2.05, 4.69) is 10.2 Å². The summed E-state index contributed by atoms with van der Waals surface area (Å²) in [6.07, 6.45) is 9.44. The van der Waals surface area contributed by atoms with Crippen molar-refractivity contribution in [3.8, 4) is 0 Å². The Bertz CT molecular complexity index is 236. The smallest absolute Gasteiger partial charge is 0.222 e. The molecule has 0 radical (unpaired) electrons. The van der Waals surface area contributed by atoms with Crippen LogP contribution in [-0.4, -0.2) is 37.0 Å². The summed E-state index contributed by atoms with van der Waals surface area (Å²) in [7, 11) is 0. The van der Waals surface area contributed by atoms with E-state index in [1.165, 1.54) is 51.6 Å². The average Bonchev–Trinajstić information content (AvgIpc) is 2.35. The van der Waals surface area contributed by atoms with Gasteiger partial charge in [-0.3, -0.25) is 4.79 Å². The molecule has 1 N–H and O–H groups in total. The Labute approximate surface area is 105 Å². The van der Waals surface area contributed by atoms with Crippen molar-refractivity contribution in [3.05, 3.63) is 0 Å². The quantitative estimate of drug-likeness (QED) is 0.817. The van der Waals surface area contributed by atoms with E-state index in [1.54, 1.807) is 0 Å². The first-order valence-electron chi connectivity index (χ1n) is 7.35. The second-order valence-corrected chi connectivity index (χ2v) is 5.53. The number of nitrogens with one attached hydrogen (secondary N) is 1. The molecule has 2 saturated heterocycles. The lowest BCUT2D eigenvalue weighted by molar-refractivity contribution is -0.132. The lowest BCUT2D eigenvalue weighted by atomic mass is 9.94. The van der Waals surface area contributed by atoms with Crippen molar-refractivity contribution in [2.24, 2.45) is 5.92 Å². The second kappa shape index (κ2) is 7.00. The molecule has 2 rings (SSSR count). The van der Waals surface area contributed by atoms with Crippen molar-refractivity contribution >= 4 is 5.91 Å². The zero-order chi connectivity index (χ0) is 11.9. The first kappa shape index (κ1) is 12.9. The van der Waals surface area contributed by atoms with Gasteiger partial charge in [0.05, 0.1) is 0 Å². The van der Waals surface area contributed by atoms with Crippen LogP contribution in [0.4, 0.5) is 0 Å². The maximum Gasteiger partial charge on any atom is 0.222 e. The number of nitrogens with zero attached hydrogens (tertiary/aromatic N) is 1. The van der Waals surface area contributed by atoms with Crippen LogP contribution >= 0.6 is 0 Å². The van der Waals surface area contributed by atoms with Crippen molar-refractivity contribution in [3.63, 3.8) is 0 Å². The summed E-state index contributed by atoms with van der Waals surface area (Å²) in [5.74, 6) is 1.24. The van der Waals surface area contributed by atoms with Crippen molar-refractivity contribution < 1.29 is 4.79 Å². The Morgan fingerprint density at radius 1 is 1.12 bits per heavy atom. The molecule has 2 fully saturated rings. The van der Waals surface area contributed by atoms with Crippen LogP contribution in [0.3, 0.4) is 0 Å². The standard InChI is InChI=1S/C14H26N2O/c17-14-5-3-1-2-4-11-16(14)12-8-13-6-9-15-10-7-13/h13,15H,1-12H2. The van der Waals surface area contributed by atoms with E-state index in [0.717, 1.165) is 31.8 Å². The third-order valence-corrected chi connectivity index (χ3v) is 4.19. The highest BCUT2D eigenvalue weighted by Crippen LogP contribution is 2.18. The third kappa shape index (κ3) is 4.30. The van der Waals surface area contributed by atoms with Gasteiger partial charge in [-0.05, 0) is 51.1 Å². The molecule has 3 heteroatoms. The number of piperidine rings is 1. The highest BCUT2D eigenvalue weighted by atomic mass is 16.2. The van der Waals surface area contributed by atoms with E-state index >= 15 is 0 Å². The molecule has 0 aromatic rings. The summed E-state index contributed by atoms with van der Waals surface area (Å²) in [6.45, 7) is 4.34. The first-order valence-corrected chi connectivity index (χ1v) is 7.35. The second-order valence-electron chi connectivity index (χ2n) is 5.53. The fourth-order valence-corrected chi connectivity index (χ4v) is 2.96. The Hall–Kier alpha value is -0.570. The van der Waals surface area contributed by atoms with Crippen LogP contribution in [0.1, 0.15) is 51.4 Å². The number of carbonyl (C=O) groups excluding carboxylic acids is 1. The van der Waals surface area contributed by atoms with E-state index in [-0.39, 0.29) is 0 Å². The van der Waals surface area contributed by atoms with Crippen LogP contribution in [-0.2, 0) is 4.79 Å². The van der Waals surface area contributed by atoms with Crippen molar-refractivity contribution in [2.45, 2.75) is 51.4 Å². The largest absolute Gasteiger partial charge is 0.343 e. The molecule has 0 spiro atoms. The highest BCUT2D eigenvalue weighted by molar-refractivity contribution is 5.76. The fourth-order valence-electron chi connectivity index (χ4n) is 2.96. The topological polar surface area (TPSA) is 32.3 Å². The first-order chi connectivity index (χ1) is 8.36. The van der Waals surface area contributed by atoms with Gasteiger partial charge in [0.1, 0.15) is 0 Å². The minimum atomic E-state index is 0.402. The molecule has 0 bridgehead atoms. The van der Waals surface area contributed by atoms with E-state index in [4.69, 9.17) is 0 Å². The van der Waals surface area contributed by atoms with Gasteiger partial charge in [-0.2, -0.15) is 0 Å². The number of carbonyl (C=O) groups is 1.